The molecule has 0 unspecified atom stereocenters. The van der Waals surface area contributed by atoms with Crippen LogP contribution >= 0.6 is 15.9 Å². The van der Waals surface area contributed by atoms with Crippen LogP contribution in [-0.4, -0.2) is 4.98 Å². The van der Waals surface area contributed by atoms with Gasteiger partial charge in [0.1, 0.15) is 6.07 Å². The van der Waals surface area contributed by atoms with Gasteiger partial charge in [-0.2, -0.15) is 5.26 Å². The molecule has 17 heavy (non-hydrogen) atoms. The van der Waals surface area contributed by atoms with Gasteiger partial charge in [-0.1, -0.05) is 0 Å². The average molecular weight is 290 g/mol. The smallest absolute Gasteiger partial charge is 0.178 e. The molecule has 0 saturated carbocycles. The molecule has 0 spiro atoms. The summed E-state index contributed by atoms with van der Waals surface area (Å²) in [6.45, 7) is 0. The molecule has 0 saturated heterocycles. The molecule has 0 amide bonds. The van der Waals surface area contributed by atoms with E-state index in [1.54, 1.807) is 30.6 Å². The highest BCUT2D eigenvalue weighted by Crippen LogP contribution is 2.27. The summed E-state index contributed by atoms with van der Waals surface area (Å²) in [5.41, 5.74) is 8.14. The van der Waals surface area contributed by atoms with Crippen LogP contribution in [0.4, 0.5) is 0 Å². The maximum atomic E-state index is 9.19. The second-order valence-corrected chi connectivity index (χ2v) is 3.96. The van der Waals surface area contributed by atoms with Gasteiger partial charge in [-0.15, -0.1) is 0 Å². The second-order valence-electron chi connectivity index (χ2n) is 3.24. The van der Waals surface area contributed by atoms with E-state index in [1.807, 2.05) is 0 Å². The number of nitriles is 1. The Balaban J connectivity index is 2.57. The average Bonchev–Trinajstić information content (AvgIpc) is 2.77. The lowest BCUT2D eigenvalue weighted by Crippen LogP contribution is -2.00. The molecule has 2 N–H and O–H groups in total. The van der Waals surface area contributed by atoms with Crippen molar-refractivity contribution in [2.75, 3.05) is 0 Å². The fraction of sp³-hybridized carbons (Fsp3) is 0. The Bertz CT molecular complexity index is 596. The minimum Gasteiger partial charge on any atom is -0.457 e. The molecule has 5 heteroatoms. The number of rotatable bonds is 2. The maximum Gasteiger partial charge on any atom is 0.178 e. The molecule has 0 aliphatic rings. The second kappa shape index (κ2) is 4.85. The summed E-state index contributed by atoms with van der Waals surface area (Å²) in [4.78, 5) is 3.90. The van der Waals surface area contributed by atoms with Gasteiger partial charge in [0.05, 0.1) is 23.1 Å². The Morgan fingerprint density at radius 1 is 1.35 bits per heavy atom. The van der Waals surface area contributed by atoms with Crippen molar-refractivity contribution in [2.45, 2.75) is 0 Å². The van der Waals surface area contributed by atoms with Gasteiger partial charge in [0.15, 0.2) is 4.67 Å². The number of hydrogen-bond acceptors (Lipinski definition) is 4. The van der Waals surface area contributed by atoms with Crippen LogP contribution in [0.25, 0.3) is 11.3 Å². The third-order valence-electron chi connectivity index (χ3n) is 2.26. The van der Waals surface area contributed by atoms with Gasteiger partial charge < -0.3 is 10.2 Å². The summed E-state index contributed by atoms with van der Waals surface area (Å²) < 4.78 is 5.61. The van der Waals surface area contributed by atoms with E-state index in [0.717, 1.165) is 5.56 Å². The van der Waals surface area contributed by atoms with E-state index in [2.05, 4.69) is 27.0 Å². The Labute approximate surface area is 107 Å². The van der Waals surface area contributed by atoms with Crippen LogP contribution < -0.4 is 5.73 Å². The van der Waals surface area contributed by atoms with Crippen molar-refractivity contribution in [1.82, 2.24) is 4.98 Å². The van der Waals surface area contributed by atoms with Crippen molar-refractivity contribution >= 4 is 27.2 Å². The summed E-state index contributed by atoms with van der Waals surface area (Å²) in [7, 11) is 0. The molecule has 2 aromatic heterocycles. The number of nitrogens with two attached hydrogens (primary N) is 1. The largest absolute Gasteiger partial charge is 0.457 e. The van der Waals surface area contributed by atoms with Crippen LogP contribution in [0.5, 0.6) is 0 Å². The molecule has 2 aromatic rings. The summed E-state index contributed by atoms with van der Waals surface area (Å²) in [6, 6.07) is 7.28. The van der Waals surface area contributed by atoms with Gasteiger partial charge in [-0.25, -0.2) is 0 Å². The first-order chi connectivity index (χ1) is 8.24. The number of furan rings is 1. The van der Waals surface area contributed by atoms with Gasteiger partial charge in [-0.05, 0) is 39.7 Å². The topological polar surface area (TPSA) is 75.8 Å². The molecule has 2 heterocycles. The maximum absolute atomic E-state index is 9.19. The first-order valence-electron chi connectivity index (χ1n) is 4.77. The fourth-order valence-corrected chi connectivity index (χ4v) is 1.87. The Kier molecular flexibility index (Phi) is 3.26. The lowest BCUT2D eigenvalue weighted by molar-refractivity contribution is 0.540. The first-order valence-corrected chi connectivity index (χ1v) is 5.57. The lowest BCUT2D eigenvalue weighted by atomic mass is 10.0. The minimum atomic E-state index is 0.374. The molecule has 0 aliphatic carbocycles. The predicted octanol–water partition coefficient (Wildman–Crippen LogP) is 2.79. The van der Waals surface area contributed by atoms with Crippen molar-refractivity contribution in [3.63, 3.8) is 0 Å². The van der Waals surface area contributed by atoms with Crippen LogP contribution in [0.2, 0.25) is 0 Å². The van der Waals surface area contributed by atoms with Crippen LogP contribution in [0, 0.1) is 11.3 Å². The number of hydrogen-bond donors (Lipinski definition) is 1. The van der Waals surface area contributed by atoms with Crippen LogP contribution in [0.1, 0.15) is 11.1 Å². The normalized spacial score (nSPS) is 11.8. The van der Waals surface area contributed by atoms with Crippen LogP contribution in [0.3, 0.4) is 0 Å². The van der Waals surface area contributed by atoms with E-state index >= 15 is 0 Å². The fourth-order valence-electron chi connectivity index (χ4n) is 1.42. The van der Waals surface area contributed by atoms with Crippen LogP contribution in [0.15, 0.2) is 45.9 Å². The van der Waals surface area contributed by atoms with Gasteiger partial charge in [-0.3, -0.25) is 4.98 Å². The SMILES string of the molecule is N#C/C(=C(/N)c1ccoc1Br)c1ccncc1. The van der Waals surface area contributed by atoms with Gasteiger partial charge in [0, 0.05) is 12.4 Å². The number of nitrogens with zero attached hydrogens (tertiary/aromatic N) is 2. The number of aromatic nitrogens is 1. The highest BCUT2D eigenvalue weighted by molar-refractivity contribution is 9.10. The van der Waals surface area contributed by atoms with E-state index in [4.69, 9.17) is 10.2 Å². The van der Waals surface area contributed by atoms with E-state index in [9.17, 15) is 5.26 Å². The summed E-state index contributed by atoms with van der Waals surface area (Å²) >= 11 is 3.23. The molecule has 4 nitrogen and oxygen atoms in total. The zero-order chi connectivity index (χ0) is 12.3. The molecule has 2 rings (SSSR count). The predicted molar refractivity (Wildman–Crippen MR) is 67.3 cm³/mol. The molecule has 0 aliphatic heterocycles. The standard InChI is InChI=1S/C12H8BrN3O/c13-12-9(3-6-17-12)11(15)10(7-14)8-1-4-16-5-2-8/h1-6H,15H2/b11-10-. The Morgan fingerprint density at radius 2 is 2.06 bits per heavy atom. The van der Waals surface area contributed by atoms with E-state index in [0.29, 0.717) is 21.5 Å². The minimum absolute atomic E-state index is 0.374. The Morgan fingerprint density at radius 3 is 2.59 bits per heavy atom. The van der Waals surface area contributed by atoms with Crippen LogP contribution in [-0.2, 0) is 0 Å². The van der Waals surface area contributed by atoms with Crippen molar-refractivity contribution in [2.24, 2.45) is 5.73 Å². The quantitative estimate of drug-likeness (QED) is 0.863. The van der Waals surface area contributed by atoms with E-state index < -0.39 is 0 Å². The van der Waals surface area contributed by atoms with Gasteiger partial charge >= 0.3 is 0 Å². The summed E-state index contributed by atoms with van der Waals surface area (Å²) in [5.74, 6) is 0. The van der Waals surface area contributed by atoms with Gasteiger partial charge in [0.25, 0.3) is 0 Å². The van der Waals surface area contributed by atoms with E-state index in [-0.39, 0.29) is 0 Å². The monoisotopic (exact) mass is 289 g/mol. The molecule has 84 valence electrons. The van der Waals surface area contributed by atoms with Crippen molar-refractivity contribution in [1.29, 1.82) is 5.26 Å². The number of pyridine rings is 1. The van der Waals surface area contributed by atoms with E-state index in [1.165, 1.54) is 6.26 Å². The highest BCUT2D eigenvalue weighted by atomic mass is 79.9. The first kappa shape index (κ1) is 11.4. The number of allylic oxidation sites excluding steroid dienone is 1. The third kappa shape index (κ3) is 2.22. The molecular weight excluding hydrogens is 282 g/mol. The third-order valence-corrected chi connectivity index (χ3v) is 2.87. The molecule has 0 bridgehead atoms. The molecule has 0 aromatic carbocycles. The molecule has 0 radical (unpaired) electrons. The number of halogens is 1. The summed E-state index contributed by atoms with van der Waals surface area (Å²) in [5, 5.41) is 9.19. The van der Waals surface area contributed by atoms with Crippen molar-refractivity contribution in [3.8, 4) is 6.07 Å². The molecule has 0 fully saturated rings. The van der Waals surface area contributed by atoms with Gasteiger partial charge in [0.2, 0.25) is 0 Å². The lowest BCUT2D eigenvalue weighted by Gasteiger charge is -2.04. The highest BCUT2D eigenvalue weighted by Gasteiger charge is 2.12. The zero-order valence-corrected chi connectivity index (χ0v) is 10.3. The Hall–Kier alpha value is -2.06. The molecular formula is C12H8BrN3O. The van der Waals surface area contributed by atoms with Crippen molar-refractivity contribution in [3.05, 3.63) is 52.7 Å². The zero-order valence-electron chi connectivity index (χ0n) is 8.72. The van der Waals surface area contributed by atoms with Crippen molar-refractivity contribution < 1.29 is 4.42 Å². The molecule has 0 atom stereocenters. The summed E-state index contributed by atoms with van der Waals surface area (Å²) in [6.07, 6.45) is 4.74.